The van der Waals surface area contributed by atoms with Crippen LogP contribution in [-0.2, 0) is 11.3 Å². The van der Waals surface area contributed by atoms with E-state index in [1.165, 1.54) is 12.3 Å². The van der Waals surface area contributed by atoms with E-state index in [1.807, 2.05) is 0 Å². The zero-order valence-electron chi connectivity index (χ0n) is 11.8. The summed E-state index contributed by atoms with van der Waals surface area (Å²) in [6.07, 6.45) is -3.06. The van der Waals surface area contributed by atoms with E-state index in [0.29, 0.717) is 11.3 Å². The van der Waals surface area contributed by atoms with E-state index in [-0.39, 0.29) is 49.2 Å². The van der Waals surface area contributed by atoms with Gasteiger partial charge in [0.05, 0.1) is 6.04 Å². The summed E-state index contributed by atoms with van der Waals surface area (Å²) in [6, 6.07) is 2.76. The monoisotopic (exact) mass is 393 g/mol. The number of nitrogens with one attached hydrogen (secondary N) is 2. The van der Waals surface area contributed by atoms with Crippen LogP contribution < -0.4 is 15.4 Å². The van der Waals surface area contributed by atoms with Crippen molar-refractivity contribution in [3.8, 4) is 5.88 Å². The van der Waals surface area contributed by atoms with E-state index in [9.17, 15) is 18.0 Å². The number of hydrogen-bond acceptors (Lipinski definition) is 5. The van der Waals surface area contributed by atoms with Crippen LogP contribution in [0.5, 0.6) is 5.88 Å². The number of nitrogens with zero attached hydrogens (tertiary/aromatic N) is 1. The van der Waals surface area contributed by atoms with E-state index in [2.05, 4.69) is 20.4 Å². The number of carbonyl (C=O) groups excluding carboxylic acids is 1. The lowest BCUT2D eigenvalue weighted by Gasteiger charge is -2.12. The van der Waals surface area contributed by atoms with Crippen molar-refractivity contribution in [1.29, 1.82) is 0 Å². The quantitative estimate of drug-likeness (QED) is 0.802. The molecule has 1 aliphatic rings. The fourth-order valence-corrected chi connectivity index (χ4v) is 2.61. The van der Waals surface area contributed by atoms with Gasteiger partial charge in [0.25, 0.3) is 0 Å². The van der Waals surface area contributed by atoms with Gasteiger partial charge in [-0.25, -0.2) is 4.98 Å². The maximum absolute atomic E-state index is 12.0. The molecule has 0 saturated carbocycles. The van der Waals surface area contributed by atoms with Crippen molar-refractivity contribution in [2.75, 3.05) is 18.2 Å². The maximum Gasteiger partial charge on any atom is 0.422 e. The lowest BCUT2D eigenvalue weighted by molar-refractivity contribution is -0.154. The zero-order valence-corrected chi connectivity index (χ0v) is 14.2. The van der Waals surface area contributed by atoms with Crippen LogP contribution in [0.1, 0.15) is 5.56 Å². The van der Waals surface area contributed by atoms with Gasteiger partial charge in [0.2, 0.25) is 11.8 Å². The Morgan fingerprint density at radius 2 is 2.22 bits per heavy atom. The Balaban J connectivity index is 0.00000242. The number of carbonyl (C=O) groups is 1. The van der Waals surface area contributed by atoms with Crippen molar-refractivity contribution in [2.45, 2.75) is 18.8 Å². The summed E-state index contributed by atoms with van der Waals surface area (Å²) >= 11 is 1.64. The Labute approximate surface area is 148 Å². The molecule has 0 spiro atoms. The number of pyridine rings is 1. The van der Waals surface area contributed by atoms with Crippen molar-refractivity contribution in [3.63, 3.8) is 0 Å². The van der Waals surface area contributed by atoms with Crippen LogP contribution in [0.2, 0.25) is 0 Å². The molecule has 11 heteroatoms. The van der Waals surface area contributed by atoms with Crippen LogP contribution in [0.4, 0.5) is 13.2 Å². The van der Waals surface area contributed by atoms with Crippen LogP contribution in [-0.4, -0.2) is 41.3 Å². The molecule has 0 aliphatic carbocycles. The van der Waals surface area contributed by atoms with Gasteiger partial charge in [-0.3, -0.25) is 10.1 Å². The van der Waals surface area contributed by atoms with Gasteiger partial charge < -0.3 is 10.1 Å². The number of alkyl halides is 3. The molecule has 1 unspecified atom stereocenters. The third-order valence-electron chi connectivity index (χ3n) is 2.68. The second-order valence-corrected chi connectivity index (χ2v) is 5.43. The number of ether oxygens (including phenoxy) is 1. The number of aromatic nitrogens is 1. The second-order valence-electron chi connectivity index (χ2n) is 4.40. The Bertz CT molecular complexity index is 503. The summed E-state index contributed by atoms with van der Waals surface area (Å²) < 4.78 is 40.7. The smallest absolute Gasteiger partial charge is 0.422 e. The highest BCUT2D eigenvalue weighted by atomic mass is 35.5. The van der Waals surface area contributed by atoms with E-state index in [1.54, 1.807) is 17.8 Å². The van der Waals surface area contributed by atoms with Crippen molar-refractivity contribution >= 4 is 42.5 Å². The molecule has 1 aromatic rings. The van der Waals surface area contributed by atoms with E-state index in [4.69, 9.17) is 0 Å². The molecule has 5 nitrogen and oxygen atoms in total. The SMILES string of the molecule is Cl.Cl.O=C(NCc1ccnc(OCC(F)(F)F)c1)C1CSCN1. The highest BCUT2D eigenvalue weighted by Gasteiger charge is 2.28. The molecular weight excluding hydrogens is 378 g/mol. The van der Waals surface area contributed by atoms with Gasteiger partial charge in [-0.05, 0) is 11.6 Å². The molecule has 0 radical (unpaired) electrons. The lowest BCUT2D eigenvalue weighted by Crippen LogP contribution is -2.41. The number of amides is 1. The van der Waals surface area contributed by atoms with E-state index in [0.717, 1.165) is 5.88 Å². The van der Waals surface area contributed by atoms with Crippen molar-refractivity contribution in [1.82, 2.24) is 15.6 Å². The molecule has 2 rings (SSSR count). The average Bonchev–Trinajstić information content (AvgIpc) is 2.96. The first-order valence-corrected chi connectivity index (χ1v) is 7.33. The first-order chi connectivity index (χ1) is 9.94. The first-order valence-electron chi connectivity index (χ1n) is 6.17. The first kappa shape index (κ1) is 22.1. The number of halogens is 5. The third-order valence-corrected chi connectivity index (χ3v) is 3.62. The molecule has 2 heterocycles. The van der Waals surface area contributed by atoms with Crippen LogP contribution >= 0.6 is 36.6 Å². The minimum absolute atomic E-state index is 0. The number of hydrogen-bond donors (Lipinski definition) is 2. The standard InChI is InChI=1S/C12H14F3N3O2S.2ClH/c13-12(14,15)6-20-10-3-8(1-2-16-10)4-17-11(19)9-5-21-7-18-9;;/h1-3,9,18H,4-7H2,(H,17,19);2*1H. The summed E-state index contributed by atoms with van der Waals surface area (Å²) in [5.41, 5.74) is 0.626. The van der Waals surface area contributed by atoms with Crippen molar-refractivity contribution in [3.05, 3.63) is 23.9 Å². The van der Waals surface area contributed by atoms with Crippen molar-refractivity contribution in [2.24, 2.45) is 0 Å². The van der Waals surface area contributed by atoms with Gasteiger partial charge >= 0.3 is 6.18 Å². The Morgan fingerprint density at radius 3 is 2.83 bits per heavy atom. The molecule has 0 bridgehead atoms. The lowest BCUT2D eigenvalue weighted by atomic mass is 10.2. The van der Waals surface area contributed by atoms with E-state index >= 15 is 0 Å². The summed E-state index contributed by atoms with van der Waals surface area (Å²) in [5, 5.41) is 5.75. The summed E-state index contributed by atoms with van der Waals surface area (Å²) in [7, 11) is 0. The van der Waals surface area contributed by atoms with Crippen molar-refractivity contribution < 1.29 is 22.7 Å². The molecule has 1 atom stereocenters. The molecule has 2 N–H and O–H groups in total. The molecule has 1 fully saturated rings. The third kappa shape index (κ3) is 7.96. The van der Waals surface area contributed by atoms with Gasteiger partial charge in [0, 0.05) is 30.4 Å². The van der Waals surface area contributed by atoms with Gasteiger partial charge in [-0.15, -0.1) is 36.6 Å². The number of rotatable bonds is 5. The summed E-state index contributed by atoms with van der Waals surface area (Å²) in [6.45, 7) is -1.17. The zero-order chi connectivity index (χ0) is 15.3. The molecular formula is C12H16Cl2F3N3O2S. The normalized spacial score (nSPS) is 16.9. The van der Waals surface area contributed by atoms with Crippen LogP contribution in [0.3, 0.4) is 0 Å². The number of thioether (sulfide) groups is 1. The largest absolute Gasteiger partial charge is 0.468 e. The van der Waals surface area contributed by atoms with Crippen LogP contribution in [0.25, 0.3) is 0 Å². The minimum Gasteiger partial charge on any atom is -0.468 e. The maximum atomic E-state index is 12.0. The summed E-state index contributed by atoms with van der Waals surface area (Å²) in [5.74, 6) is 1.20. The van der Waals surface area contributed by atoms with Gasteiger partial charge in [-0.2, -0.15) is 13.2 Å². The van der Waals surface area contributed by atoms with E-state index < -0.39 is 12.8 Å². The fourth-order valence-electron chi connectivity index (χ4n) is 1.67. The highest BCUT2D eigenvalue weighted by molar-refractivity contribution is 7.99. The Morgan fingerprint density at radius 1 is 1.48 bits per heavy atom. The molecule has 1 aliphatic heterocycles. The summed E-state index contributed by atoms with van der Waals surface area (Å²) in [4.78, 5) is 15.5. The molecule has 1 saturated heterocycles. The predicted octanol–water partition coefficient (Wildman–Crippen LogP) is 2.15. The average molecular weight is 394 g/mol. The molecule has 1 amide bonds. The van der Waals surface area contributed by atoms with Gasteiger partial charge in [-0.1, -0.05) is 0 Å². The highest BCUT2D eigenvalue weighted by Crippen LogP contribution is 2.17. The second kappa shape index (κ2) is 10.1. The van der Waals surface area contributed by atoms with Gasteiger partial charge in [0.15, 0.2) is 6.61 Å². The topological polar surface area (TPSA) is 63.2 Å². The predicted molar refractivity (Wildman–Crippen MR) is 86.4 cm³/mol. The molecule has 1 aromatic heterocycles. The van der Waals surface area contributed by atoms with Gasteiger partial charge in [0.1, 0.15) is 0 Å². The van der Waals surface area contributed by atoms with Crippen LogP contribution in [0.15, 0.2) is 18.3 Å². The Kier molecular flexibility index (Phi) is 9.67. The fraction of sp³-hybridized carbons (Fsp3) is 0.500. The minimum atomic E-state index is -4.41. The molecule has 0 aromatic carbocycles. The molecule has 132 valence electrons. The molecule has 23 heavy (non-hydrogen) atoms. The van der Waals surface area contributed by atoms with Crippen LogP contribution in [0, 0.1) is 0 Å². The Hall–Kier alpha value is -0.900.